The third-order valence-corrected chi connectivity index (χ3v) is 2.57. The molecule has 1 aromatic carbocycles. The number of benzene rings is 1. The van der Waals surface area contributed by atoms with Crippen molar-refractivity contribution in [2.24, 2.45) is 0 Å². The number of rotatable bonds is 7. The Morgan fingerprint density at radius 3 is 2.89 bits per heavy atom. The summed E-state index contributed by atoms with van der Waals surface area (Å²) in [6.45, 7) is 4.51. The number of aryl methyl sites for hydroxylation is 1. The van der Waals surface area contributed by atoms with E-state index in [0.717, 1.165) is 24.7 Å². The molecule has 4 nitrogen and oxygen atoms in total. The first kappa shape index (κ1) is 14.2. The molecule has 1 amide bonds. The summed E-state index contributed by atoms with van der Waals surface area (Å²) in [7, 11) is 0. The molecule has 0 heterocycles. The third kappa shape index (κ3) is 4.20. The highest BCUT2D eigenvalue weighted by Gasteiger charge is 2.08. The van der Waals surface area contributed by atoms with Crippen molar-refractivity contribution in [1.29, 1.82) is 0 Å². The number of carbonyl (C=O) groups is 2. The molecule has 0 atom stereocenters. The Morgan fingerprint density at radius 2 is 2.22 bits per heavy atom. The molecule has 0 aliphatic carbocycles. The van der Waals surface area contributed by atoms with Crippen LogP contribution in [0.2, 0.25) is 0 Å². The van der Waals surface area contributed by atoms with Crippen molar-refractivity contribution in [3.63, 3.8) is 0 Å². The number of nitrogens with one attached hydrogen (secondary N) is 1. The summed E-state index contributed by atoms with van der Waals surface area (Å²) in [5.41, 5.74) is 1.32. The van der Waals surface area contributed by atoms with Crippen molar-refractivity contribution in [2.75, 3.05) is 13.2 Å². The molecule has 4 heteroatoms. The average Bonchev–Trinajstić information content (AvgIpc) is 2.37. The van der Waals surface area contributed by atoms with E-state index in [1.165, 1.54) is 0 Å². The van der Waals surface area contributed by atoms with E-state index in [0.29, 0.717) is 17.9 Å². The third-order valence-electron chi connectivity index (χ3n) is 2.57. The summed E-state index contributed by atoms with van der Waals surface area (Å²) >= 11 is 0. The van der Waals surface area contributed by atoms with Gasteiger partial charge in [-0.15, -0.1) is 0 Å². The summed E-state index contributed by atoms with van der Waals surface area (Å²) in [5.74, 6) is 0.321. The van der Waals surface area contributed by atoms with Crippen LogP contribution in [0.3, 0.4) is 0 Å². The van der Waals surface area contributed by atoms with Crippen LogP contribution in [0, 0.1) is 6.92 Å². The first-order valence-corrected chi connectivity index (χ1v) is 6.13. The number of hydrogen-bond donors (Lipinski definition) is 1. The lowest BCUT2D eigenvalue weighted by Crippen LogP contribution is -2.29. The summed E-state index contributed by atoms with van der Waals surface area (Å²) in [4.78, 5) is 22.3. The summed E-state index contributed by atoms with van der Waals surface area (Å²) in [6, 6.07) is 5.30. The zero-order valence-corrected chi connectivity index (χ0v) is 10.9. The van der Waals surface area contributed by atoms with Crippen molar-refractivity contribution in [1.82, 2.24) is 5.32 Å². The van der Waals surface area contributed by atoms with Gasteiger partial charge in [0.2, 0.25) is 0 Å². The Morgan fingerprint density at radius 1 is 1.44 bits per heavy atom. The number of hydrogen-bond acceptors (Lipinski definition) is 3. The van der Waals surface area contributed by atoms with Crippen molar-refractivity contribution in [3.05, 3.63) is 29.3 Å². The van der Waals surface area contributed by atoms with E-state index in [1.54, 1.807) is 12.1 Å². The van der Waals surface area contributed by atoms with E-state index in [2.05, 4.69) is 12.2 Å². The van der Waals surface area contributed by atoms with Gasteiger partial charge in [-0.25, -0.2) is 0 Å². The minimum atomic E-state index is -0.163. The predicted molar refractivity (Wildman–Crippen MR) is 70.0 cm³/mol. The topological polar surface area (TPSA) is 55.4 Å². The monoisotopic (exact) mass is 249 g/mol. The number of aldehydes is 1. The second-order valence-electron chi connectivity index (χ2n) is 4.10. The molecule has 1 N–H and O–H groups in total. The highest BCUT2D eigenvalue weighted by Crippen LogP contribution is 2.21. The van der Waals surface area contributed by atoms with Gasteiger partial charge in [-0.1, -0.05) is 25.5 Å². The molecule has 0 fully saturated rings. The van der Waals surface area contributed by atoms with Gasteiger partial charge in [-0.2, -0.15) is 0 Å². The first-order chi connectivity index (χ1) is 8.69. The molecule has 0 spiro atoms. The van der Waals surface area contributed by atoms with E-state index in [-0.39, 0.29) is 12.5 Å². The Balaban J connectivity index is 2.53. The Labute approximate surface area is 107 Å². The zero-order valence-electron chi connectivity index (χ0n) is 10.9. The fourth-order valence-electron chi connectivity index (χ4n) is 1.56. The van der Waals surface area contributed by atoms with Gasteiger partial charge in [0, 0.05) is 6.54 Å². The van der Waals surface area contributed by atoms with Gasteiger partial charge in [0.15, 0.2) is 12.9 Å². The van der Waals surface area contributed by atoms with Crippen LogP contribution in [-0.2, 0) is 4.79 Å². The average molecular weight is 249 g/mol. The lowest BCUT2D eigenvalue weighted by Gasteiger charge is -2.11. The smallest absolute Gasteiger partial charge is 0.257 e. The van der Waals surface area contributed by atoms with Crippen molar-refractivity contribution in [3.8, 4) is 5.75 Å². The maximum atomic E-state index is 11.5. The minimum Gasteiger partial charge on any atom is -0.483 e. The largest absolute Gasteiger partial charge is 0.483 e. The van der Waals surface area contributed by atoms with Crippen molar-refractivity contribution in [2.45, 2.75) is 26.7 Å². The fourth-order valence-corrected chi connectivity index (χ4v) is 1.56. The molecule has 0 aliphatic heterocycles. The zero-order chi connectivity index (χ0) is 13.4. The number of para-hydroxylation sites is 1. The van der Waals surface area contributed by atoms with Gasteiger partial charge in [0.05, 0.1) is 5.56 Å². The summed E-state index contributed by atoms with van der Waals surface area (Å²) in [6.07, 6.45) is 2.72. The number of ether oxygens (including phenoxy) is 1. The van der Waals surface area contributed by atoms with E-state index in [9.17, 15) is 9.59 Å². The highest BCUT2D eigenvalue weighted by atomic mass is 16.5. The van der Waals surface area contributed by atoms with E-state index in [1.807, 2.05) is 13.0 Å². The van der Waals surface area contributed by atoms with Gasteiger partial charge in [-0.3, -0.25) is 9.59 Å². The maximum absolute atomic E-state index is 11.5. The van der Waals surface area contributed by atoms with Crippen LogP contribution in [0.25, 0.3) is 0 Å². The van der Waals surface area contributed by atoms with Crippen LogP contribution in [0.5, 0.6) is 5.75 Å². The SMILES string of the molecule is CCCCNC(=O)COc1c(C)cccc1C=O. The fraction of sp³-hybridized carbons (Fsp3) is 0.429. The number of carbonyl (C=O) groups excluding carboxylic acids is 2. The van der Waals surface area contributed by atoms with Gasteiger partial charge in [0.1, 0.15) is 5.75 Å². The molecule has 0 aliphatic rings. The van der Waals surface area contributed by atoms with Crippen LogP contribution >= 0.6 is 0 Å². The van der Waals surface area contributed by atoms with Crippen LogP contribution in [-0.4, -0.2) is 25.3 Å². The van der Waals surface area contributed by atoms with Crippen LogP contribution in [0.1, 0.15) is 35.7 Å². The quantitative estimate of drug-likeness (QED) is 0.594. The molecule has 0 saturated heterocycles. The molecule has 98 valence electrons. The van der Waals surface area contributed by atoms with Crippen molar-refractivity contribution >= 4 is 12.2 Å². The van der Waals surface area contributed by atoms with E-state index < -0.39 is 0 Å². The molecule has 0 aromatic heterocycles. The number of unbranched alkanes of at least 4 members (excludes halogenated alkanes) is 1. The molecule has 0 bridgehead atoms. The molecule has 18 heavy (non-hydrogen) atoms. The molecule has 0 radical (unpaired) electrons. The van der Waals surface area contributed by atoms with Crippen molar-refractivity contribution < 1.29 is 14.3 Å². The van der Waals surface area contributed by atoms with Gasteiger partial charge < -0.3 is 10.1 Å². The van der Waals surface area contributed by atoms with E-state index in [4.69, 9.17) is 4.74 Å². The maximum Gasteiger partial charge on any atom is 0.257 e. The molecular formula is C14H19NO3. The Bertz CT molecular complexity index is 416. The molecule has 1 aromatic rings. The van der Waals surface area contributed by atoms with Crippen LogP contribution in [0.15, 0.2) is 18.2 Å². The standard InChI is InChI=1S/C14H19NO3/c1-3-4-8-15-13(17)10-18-14-11(2)6-5-7-12(14)9-16/h5-7,9H,3-4,8,10H2,1-2H3,(H,15,17). The molecule has 1 rings (SSSR count). The lowest BCUT2D eigenvalue weighted by molar-refractivity contribution is -0.123. The second kappa shape index (κ2) is 7.48. The van der Waals surface area contributed by atoms with Crippen LogP contribution < -0.4 is 10.1 Å². The summed E-state index contributed by atoms with van der Waals surface area (Å²) < 4.78 is 5.41. The Kier molecular flexibility index (Phi) is 5.91. The molecular weight excluding hydrogens is 230 g/mol. The highest BCUT2D eigenvalue weighted by molar-refractivity contribution is 5.81. The lowest BCUT2D eigenvalue weighted by atomic mass is 10.1. The first-order valence-electron chi connectivity index (χ1n) is 6.13. The van der Waals surface area contributed by atoms with Gasteiger partial charge >= 0.3 is 0 Å². The van der Waals surface area contributed by atoms with Crippen LogP contribution in [0.4, 0.5) is 0 Å². The van der Waals surface area contributed by atoms with Gasteiger partial charge in [-0.05, 0) is 25.0 Å². The summed E-state index contributed by atoms with van der Waals surface area (Å²) in [5, 5.41) is 2.76. The molecule has 0 unspecified atom stereocenters. The van der Waals surface area contributed by atoms with Gasteiger partial charge in [0.25, 0.3) is 5.91 Å². The molecule has 0 saturated carbocycles. The Hall–Kier alpha value is -1.84. The van der Waals surface area contributed by atoms with E-state index >= 15 is 0 Å². The minimum absolute atomic E-state index is 0.0601. The second-order valence-corrected chi connectivity index (χ2v) is 4.10. The number of amides is 1. The predicted octanol–water partition coefficient (Wildman–Crippen LogP) is 2.10. The normalized spacial score (nSPS) is 9.89.